The Morgan fingerprint density at radius 1 is 0.353 bits per heavy atom. The maximum absolute atomic E-state index is 14.7. The van der Waals surface area contributed by atoms with Gasteiger partial charge < -0.3 is 0 Å². The monoisotopic (exact) mass is 680 g/mol. The van der Waals surface area contributed by atoms with E-state index in [0.717, 1.165) is 36.9 Å². The Morgan fingerprint density at radius 2 is 0.765 bits per heavy atom. The standard InChI is InChI=1S/C47H27F3S/c48-47(49,50)45-35-22-10-8-20-33(35)43(34-21-9-11-23-36(34)45)38-25-12-26-39-44-37(24-13-27-40(44)51-46(38)39)42-31-18-6-4-16-29(31)41(28-14-2-1-3-15-28)30-17-5-7-19-32(30)42/h1-27H. The molecule has 0 bridgehead atoms. The topological polar surface area (TPSA) is 0 Å². The average molecular weight is 681 g/mol. The summed E-state index contributed by atoms with van der Waals surface area (Å²) < 4.78 is 46.4. The number of alkyl halides is 3. The van der Waals surface area contributed by atoms with E-state index >= 15 is 0 Å². The molecule has 0 fully saturated rings. The lowest BCUT2D eigenvalue weighted by atomic mass is 9.84. The minimum absolute atomic E-state index is 0.217. The SMILES string of the molecule is FC(F)(F)c1c2ccccc2c(-c2cccc3c2sc2cccc(-c4c5ccccc5c(-c5ccccc5)c5ccccc45)c23)c2ccccc12. The van der Waals surface area contributed by atoms with Gasteiger partial charge in [-0.05, 0) is 77.0 Å². The number of rotatable bonds is 3. The molecule has 0 unspecified atom stereocenters. The molecular formula is C47H27F3S. The van der Waals surface area contributed by atoms with Crippen molar-refractivity contribution < 1.29 is 13.2 Å². The highest BCUT2D eigenvalue weighted by atomic mass is 32.1. The van der Waals surface area contributed by atoms with Crippen LogP contribution in [-0.4, -0.2) is 0 Å². The largest absolute Gasteiger partial charge is 0.417 e. The van der Waals surface area contributed by atoms with Gasteiger partial charge in [0.2, 0.25) is 0 Å². The van der Waals surface area contributed by atoms with E-state index < -0.39 is 11.7 Å². The Balaban J connectivity index is 1.32. The lowest BCUT2D eigenvalue weighted by Gasteiger charge is -2.19. The van der Waals surface area contributed by atoms with E-state index in [0.29, 0.717) is 10.8 Å². The van der Waals surface area contributed by atoms with Crippen LogP contribution in [0.1, 0.15) is 5.56 Å². The molecule has 0 N–H and O–H groups in total. The van der Waals surface area contributed by atoms with Crippen LogP contribution in [0.15, 0.2) is 164 Å². The summed E-state index contributed by atoms with van der Waals surface area (Å²) in [5.41, 5.74) is 5.91. The fourth-order valence-electron chi connectivity index (χ4n) is 8.31. The molecule has 242 valence electrons. The second-order valence-electron chi connectivity index (χ2n) is 13.0. The first-order chi connectivity index (χ1) is 25.0. The van der Waals surface area contributed by atoms with E-state index in [9.17, 15) is 13.2 Å². The van der Waals surface area contributed by atoms with Crippen molar-refractivity contribution in [1.29, 1.82) is 0 Å². The van der Waals surface area contributed by atoms with Gasteiger partial charge in [-0.2, -0.15) is 13.2 Å². The molecule has 10 rings (SSSR count). The van der Waals surface area contributed by atoms with Gasteiger partial charge in [0.05, 0.1) is 5.56 Å². The quantitative estimate of drug-likeness (QED) is 0.163. The van der Waals surface area contributed by atoms with Gasteiger partial charge in [0.25, 0.3) is 0 Å². The molecule has 0 aliphatic heterocycles. The van der Waals surface area contributed by atoms with Gasteiger partial charge in [-0.1, -0.05) is 158 Å². The molecule has 51 heavy (non-hydrogen) atoms. The van der Waals surface area contributed by atoms with Crippen molar-refractivity contribution in [2.24, 2.45) is 0 Å². The summed E-state index contributed by atoms with van der Waals surface area (Å²) in [5.74, 6) is 0. The molecule has 0 saturated carbocycles. The summed E-state index contributed by atoms with van der Waals surface area (Å²) in [5, 5.41) is 8.62. The third-order valence-electron chi connectivity index (χ3n) is 10.3. The first-order valence-corrected chi connectivity index (χ1v) is 17.7. The fraction of sp³-hybridized carbons (Fsp3) is 0.0213. The maximum atomic E-state index is 14.7. The summed E-state index contributed by atoms with van der Waals surface area (Å²) in [7, 11) is 0. The van der Waals surface area contributed by atoms with Crippen LogP contribution in [0, 0.1) is 0 Å². The van der Waals surface area contributed by atoms with Crippen LogP contribution in [0.5, 0.6) is 0 Å². The molecule has 1 aromatic heterocycles. The van der Waals surface area contributed by atoms with Crippen LogP contribution in [0.4, 0.5) is 13.2 Å². The molecule has 4 heteroatoms. The molecule has 0 spiro atoms. The van der Waals surface area contributed by atoms with Crippen molar-refractivity contribution in [1.82, 2.24) is 0 Å². The van der Waals surface area contributed by atoms with Crippen LogP contribution >= 0.6 is 11.3 Å². The highest BCUT2D eigenvalue weighted by molar-refractivity contribution is 7.26. The van der Waals surface area contributed by atoms with E-state index in [4.69, 9.17) is 0 Å². The number of hydrogen-bond acceptors (Lipinski definition) is 1. The van der Waals surface area contributed by atoms with E-state index in [1.165, 1.54) is 38.2 Å². The third-order valence-corrected chi connectivity index (χ3v) is 11.5. The van der Waals surface area contributed by atoms with E-state index in [1.54, 1.807) is 35.6 Å². The van der Waals surface area contributed by atoms with Crippen molar-refractivity contribution >= 4 is 74.6 Å². The molecule has 0 atom stereocenters. The maximum Gasteiger partial charge on any atom is 0.417 e. The second-order valence-corrected chi connectivity index (χ2v) is 14.1. The van der Waals surface area contributed by atoms with Crippen LogP contribution in [-0.2, 0) is 6.18 Å². The van der Waals surface area contributed by atoms with Crippen molar-refractivity contribution in [2.45, 2.75) is 6.18 Å². The summed E-state index contributed by atoms with van der Waals surface area (Å²) in [6, 6.07) is 54.6. The molecule has 0 amide bonds. The highest BCUT2D eigenvalue weighted by Crippen LogP contribution is 2.51. The smallest absolute Gasteiger partial charge is 0.166 e. The second kappa shape index (κ2) is 11.3. The number of thiophene rings is 1. The molecule has 0 aliphatic rings. The summed E-state index contributed by atoms with van der Waals surface area (Å²) in [4.78, 5) is 0. The first kappa shape index (κ1) is 29.9. The summed E-state index contributed by atoms with van der Waals surface area (Å²) in [6.07, 6.45) is -4.50. The van der Waals surface area contributed by atoms with Gasteiger partial charge in [0.15, 0.2) is 0 Å². The first-order valence-electron chi connectivity index (χ1n) is 16.9. The van der Waals surface area contributed by atoms with Gasteiger partial charge in [-0.3, -0.25) is 0 Å². The predicted octanol–water partition coefficient (Wildman–Crippen LogP) is 14.7. The molecule has 0 saturated heterocycles. The fourth-order valence-corrected chi connectivity index (χ4v) is 9.56. The van der Waals surface area contributed by atoms with Crippen LogP contribution < -0.4 is 0 Å². The van der Waals surface area contributed by atoms with Crippen LogP contribution in [0.2, 0.25) is 0 Å². The minimum atomic E-state index is -4.50. The minimum Gasteiger partial charge on any atom is -0.166 e. The molecule has 0 aliphatic carbocycles. The summed E-state index contributed by atoms with van der Waals surface area (Å²) in [6.45, 7) is 0. The molecule has 1 heterocycles. The highest BCUT2D eigenvalue weighted by Gasteiger charge is 2.36. The predicted molar refractivity (Wildman–Crippen MR) is 211 cm³/mol. The Morgan fingerprint density at radius 3 is 1.31 bits per heavy atom. The Bertz CT molecular complexity index is 2890. The van der Waals surface area contributed by atoms with E-state index in [-0.39, 0.29) is 10.8 Å². The van der Waals surface area contributed by atoms with Crippen LogP contribution in [0.25, 0.3) is 96.6 Å². The van der Waals surface area contributed by atoms with E-state index in [2.05, 4.69) is 115 Å². The Hall–Kier alpha value is -5.97. The molecule has 0 nitrogen and oxygen atoms in total. The zero-order valence-electron chi connectivity index (χ0n) is 27.1. The third kappa shape index (κ3) is 4.46. The number of hydrogen-bond donors (Lipinski definition) is 0. The zero-order valence-corrected chi connectivity index (χ0v) is 27.9. The van der Waals surface area contributed by atoms with Crippen LogP contribution in [0.3, 0.4) is 0 Å². The average Bonchev–Trinajstić information content (AvgIpc) is 3.55. The Labute approximate surface area is 295 Å². The number of benzene rings is 9. The molecule has 9 aromatic carbocycles. The van der Waals surface area contributed by atoms with Crippen molar-refractivity contribution in [3.63, 3.8) is 0 Å². The van der Waals surface area contributed by atoms with Gasteiger partial charge in [-0.25, -0.2) is 0 Å². The number of halogens is 3. The van der Waals surface area contributed by atoms with Crippen molar-refractivity contribution in [3.8, 4) is 33.4 Å². The lowest BCUT2D eigenvalue weighted by molar-refractivity contribution is -0.135. The lowest BCUT2D eigenvalue weighted by Crippen LogP contribution is -2.07. The Kier molecular flexibility index (Phi) is 6.61. The molecule has 10 aromatic rings. The molecular weight excluding hydrogens is 654 g/mol. The number of fused-ring (bicyclic) bond motifs is 7. The molecule has 0 radical (unpaired) electrons. The zero-order chi connectivity index (χ0) is 34.3. The van der Waals surface area contributed by atoms with E-state index in [1.807, 2.05) is 24.3 Å². The van der Waals surface area contributed by atoms with Gasteiger partial charge >= 0.3 is 6.18 Å². The van der Waals surface area contributed by atoms with Gasteiger partial charge in [-0.15, -0.1) is 11.3 Å². The van der Waals surface area contributed by atoms with Gasteiger partial charge in [0, 0.05) is 25.7 Å². The van der Waals surface area contributed by atoms with Gasteiger partial charge in [0.1, 0.15) is 0 Å². The summed E-state index contributed by atoms with van der Waals surface area (Å²) >= 11 is 1.71. The normalized spacial score (nSPS) is 12.2. The van der Waals surface area contributed by atoms with Crippen molar-refractivity contribution in [2.75, 3.05) is 0 Å². The van der Waals surface area contributed by atoms with Crippen molar-refractivity contribution in [3.05, 3.63) is 169 Å².